The Labute approximate surface area is 193 Å². The summed E-state index contributed by atoms with van der Waals surface area (Å²) < 4.78 is 6.01. The Bertz CT molecular complexity index is 1100. The van der Waals surface area contributed by atoms with E-state index in [4.69, 9.17) is 16.3 Å². The number of anilines is 1. The van der Waals surface area contributed by atoms with Crippen LogP contribution in [0, 0.1) is 19.8 Å². The normalized spacial score (nSPS) is 14.3. The molecule has 1 aliphatic rings. The molecule has 1 fully saturated rings. The topological polar surface area (TPSA) is 67.3 Å². The van der Waals surface area contributed by atoms with Gasteiger partial charge in [0.25, 0.3) is 0 Å². The number of hydrogen-bond donors (Lipinski definition) is 1. The molecule has 1 aromatic heterocycles. The first-order valence-electron chi connectivity index (χ1n) is 10.8. The highest BCUT2D eigenvalue weighted by Gasteiger charge is 2.25. The number of benzene rings is 2. The molecular weight excluding hydrogens is 424 g/mol. The molecule has 0 atom stereocenters. The second-order valence-corrected chi connectivity index (χ2v) is 8.56. The van der Waals surface area contributed by atoms with E-state index in [1.807, 2.05) is 49.4 Å². The van der Waals surface area contributed by atoms with Crippen LogP contribution in [0.2, 0.25) is 5.02 Å². The molecule has 0 spiro atoms. The second kappa shape index (κ2) is 10.0. The molecule has 0 unspecified atom stereocenters. The zero-order valence-electron chi connectivity index (χ0n) is 18.3. The van der Waals surface area contributed by atoms with Gasteiger partial charge in [-0.15, -0.1) is 0 Å². The van der Waals surface area contributed by atoms with E-state index in [1.54, 1.807) is 0 Å². The van der Waals surface area contributed by atoms with Crippen molar-refractivity contribution in [2.24, 2.45) is 5.92 Å². The maximum Gasteiger partial charge on any atom is 0.224 e. The van der Waals surface area contributed by atoms with Gasteiger partial charge in [-0.3, -0.25) is 4.79 Å². The molecule has 2 heterocycles. The van der Waals surface area contributed by atoms with Crippen molar-refractivity contribution in [2.75, 3.05) is 18.0 Å². The van der Waals surface area contributed by atoms with Crippen LogP contribution in [-0.2, 0) is 11.3 Å². The summed E-state index contributed by atoms with van der Waals surface area (Å²) in [6.07, 6.45) is 3.08. The predicted molar refractivity (Wildman–Crippen MR) is 126 cm³/mol. The van der Waals surface area contributed by atoms with Crippen molar-refractivity contribution in [3.8, 4) is 11.6 Å². The Hall–Kier alpha value is -3.12. The fourth-order valence-electron chi connectivity index (χ4n) is 3.86. The summed E-state index contributed by atoms with van der Waals surface area (Å²) in [4.78, 5) is 23.5. The van der Waals surface area contributed by atoms with E-state index in [2.05, 4.69) is 33.2 Å². The summed E-state index contributed by atoms with van der Waals surface area (Å²) >= 11 is 6.02. The number of hydrogen-bond acceptors (Lipinski definition) is 5. The van der Waals surface area contributed by atoms with Gasteiger partial charge in [0.2, 0.25) is 11.8 Å². The van der Waals surface area contributed by atoms with Crippen LogP contribution in [0.3, 0.4) is 0 Å². The van der Waals surface area contributed by atoms with Crippen LogP contribution in [0.1, 0.15) is 29.5 Å². The first kappa shape index (κ1) is 22.1. The van der Waals surface area contributed by atoms with Crippen LogP contribution >= 0.6 is 11.6 Å². The summed E-state index contributed by atoms with van der Waals surface area (Å²) in [5.74, 6) is 2.22. The summed E-state index contributed by atoms with van der Waals surface area (Å²) in [5, 5.41) is 3.71. The average Bonchev–Trinajstić information content (AvgIpc) is 2.81. The molecule has 32 heavy (non-hydrogen) atoms. The number of rotatable bonds is 6. The van der Waals surface area contributed by atoms with Gasteiger partial charge in [0.1, 0.15) is 17.9 Å². The quantitative estimate of drug-likeness (QED) is 0.567. The Morgan fingerprint density at radius 2 is 1.91 bits per heavy atom. The van der Waals surface area contributed by atoms with E-state index in [0.29, 0.717) is 17.4 Å². The zero-order valence-corrected chi connectivity index (χ0v) is 19.1. The van der Waals surface area contributed by atoms with Gasteiger partial charge >= 0.3 is 0 Å². The highest BCUT2D eigenvalue weighted by molar-refractivity contribution is 6.30. The molecule has 3 aromatic rings. The number of nitrogens with one attached hydrogen (secondary N) is 1. The number of carbonyl (C=O) groups is 1. The molecule has 0 aliphatic carbocycles. The molecular formula is C25H27ClN4O2. The van der Waals surface area contributed by atoms with Crippen molar-refractivity contribution in [1.82, 2.24) is 15.3 Å². The summed E-state index contributed by atoms with van der Waals surface area (Å²) in [5.41, 5.74) is 3.27. The fourth-order valence-corrected chi connectivity index (χ4v) is 4.07. The van der Waals surface area contributed by atoms with Gasteiger partial charge in [0, 0.05) is 36.6 Å². The van der Waals surface area contributed by atoms with Gasteiger partial charge in [-0.2, -0.15) is 0 Å². The second-order valence-electron chi connectivity index (χ2n) is 8.12. The number of halogens is 1. The Morgan fingerprint density at radius 1 is 1.12 bits per heavy atom. The maximum absolute atomic E-state index is 12.6. The van der Waals surface area contributed by atoms with E-state index >= 15 is 0 Å². The fraction of sp³-hybridized carbons (Fsp3) is 0.320. The van der Waals surface area contributed by atoms with E-state index in [1.165, 1.54) is 11.9 Å². The third-order valence-electron chi connectivity index (χ3n) is 5.94. The highest BCUT2D eigenvalue weighted by Crippen LogP contribution is 2.28. The SMILES string of the molecule is Cc1cccc(Oc2cc(N3CCC(C(=O)NCc4cccc(Cl)c4)CC3)ncn2)c1C. The average molecular weight is 451 g/mol. The minimum Gasteiger partial charge on any atom is -0.439 e. The molecule has 2 aromatic carbocycles. The van der Waals surface area contributed by atoms with Crippen LogP contribution in [0.4, 0.5) is 5.82 Å². The number of aryl methyl sites for hydroxylation is 1. The van der Waals surface area contributed by atoms with E-state index in [9.17, 15) is 4.79 Å². The number of aromatic nitrogens is 2. The predicted octanol–water partition coefficient (Wildman–Crippen LogP) is 5.07. The molecule has 0 bridgehead atoms. The number of nitrogens with zero attached hydrogens (tertiary/aromatic N) is 3. The lowest BCUT2D eigenvalue weighted by Crippen LogP contribution is -2.40. The number of ether oxygens (including phenoxy) is 1. The molecule has 6 nitrogen and oxygen atoms in total. The van der Waals surface area contributed by atoms with Crippen LogP contribution in [-0.4, -0.2) is 29.0 Å². The lowest BCUT2D eigenvalue weighted by Gasteiger charge is -2.32. The van der Waals surface area contributed by atoms with E-state index < -0.39 is 0 Å². The minimum atomic E-state index is -0.00191. The van der Waals surface area contributed by atoms with Crippen molar-refractivity contribution < 1.29 is 9.53 Å². The van der Waals surface area contributed by atoms with Crippen LogP contribution in [0.5, 0.6) is 11.6 Å². The van der Waals surface area contributed by atoms with Crippen molar-refractivity contribution in [3.63, 3.8) is 0 Å². The summed E-state index contributed by atoms with van der Waals surface area (Å²) in [6.45, 7) is 6.10. The molecule has 4 rings (SSSR count). The Balaban J connectivity index is 1.32. The first-order chi connectivity index (χ1) is 15.5. The first-order valence-corrected chi connectivity index (χ1v) is 11.2. The molecule has 0 saturated carbocycles. The summed E-state index contributed by atoms with van der Waals surface area (Å²) in [6, 6.07) is 15.4. The standard InChI is InChI=1S/C25H27ClN4O2/c1-17-5-3-8-22(18(17)2)32-24-14-23(28-16-29-24)30-11-9-20(10-12-30)25(31)27-15-19-6-4-7-21(26)13-19/h3-8,13-14,16,20H,9-12,15H2,1-2H3,(H,27,31). The minimum absolute atomic E-state index is 0.00191. The molecule has 7 heteroatoms. The van der Waals surface area contributed by atoms with Gasteiger partial charge in [-0.1, -0.05) is 35.9 Å². The smallest absolute Gasteiger partial charge is 0.224 e. The third-order valence-corrected chi connectivity index (χ3v) is 6.18. The number of carbonyl (C=O) groups excluding carboxylic acids is 1. The van der Waals surface area contributed by atoms with Gasteiger partial charge in [0.15, 0.2) is 0 Å². The van der Waals surface area contributed by atoms with Crippen molar-refractivity contribution >= 4 is 23.3 Å². The number of amides is 1. The highest BCUT2D eigenvalue weighted by atomic mass is 35.5. The largest absolute Gasteiger partial charge is 0.439 e. The molecule has 1 saturated heterocycles. The van der Waals surface area contributed by atoms with Crippen LogP contribution in [0.25, 0.3) is 0 Å². The van der Waals surface area contributed by atoms with Gasteiger partial charge < -0.3 is 15.0 Å². The van der Waals surface area contributed by atoms with E-state index in [0.717, 1.165) is 48.6 Å². The van der Waals surface area contributed by atoms with Gasteiger partial charge in [-0.05, 0) is 61.6 Å². The van der Waals surface area contributed by atoms with Gasteiger partial charge in [0.05, 0.1) is 0 Å². The van der Waals surface area contributed by atoms with Crippen LogP contribution in [0.15, 0.2) is 54.9 Å². The molecule has 166 valence electrons. The molecule has 0 radical (unpaired) electrons. The molecule has 1 N–H and O–H groups in total. The van der Waals surface area contributed by atoms with Crippen molar-refractivity contribution in [2.45, 2.75) is 33.2 Å². The van der Waals surface area contributed by atoms with E-state index in [-0.39, 0.29) is 11.8 Å². The van der Waals surface area contributed by atoms with Gasteiger partial charge in [-0.25, -0.2) is 9.97 Å². The van der Waals surface area contributed by atoms with Crippen molar-refractivity contribution in [3.05, 3.63) is 76.6 Å². The summed E-state index contributed by atoms with van der Waals surface area (Å²) in [7, 11) is 0. The Morgan fingerprint density at radius 3 is 2.69 bits per heavy atom. The molecule has 1 amide bonds. The molecule has 1 aliphatic heterocycles. The lowest BCUT2D eigenvalue weighted by atomic mass is 9.96. The monoisotopic (exact) mass is 450 g/mol. The van der Waals surface area contributed by atoms with Crippen molar-refractivity contribution in [1.29, 1.82) is 0 Å². The lowest BCUT2D eigenvalue weighted by molar-refractivity contribution is -0.125. The zero-order chi connectivity index (χ0) is 22.5. The number of piperidine rings is 1. The Kier molecular flexibility index (Phi) is 6.90. The third kappa shape index (κ3) is 5.37. The maximum atomic E-state index is 12.6. The van der Waals surface area contributed by atoms with Crippen LogP contribution < -0.4 is 15.0 Å².